The van der Waals surface area contributed by atoms with E-state index in [0.717, 1.165) is 25.6 Å². The van der Waals surface area contributed by atoms with Crippen molar-refractivity contribution < 1.29 is 4.74 Å². The lowest BCUT2D eigenvalue weighted by atomic mass is 10.2. The van der Waals surface area contributed by atoms with Gasteiger partial charge in [0.25, 0.3) is 0 Å². The van der Waals surface area contributed by atoms with E-state index in [1.807, 2.05) is 18.2 Å². The number of rotatable bonds is 1. The Bertz CT molecular complexity index is 477. The highest BCUT2D eigenvalue weighted by atomic mass is 79.9. The molecule has 0 radical (unpaired) electrons. The maximum atomic E-state index is 5.23. The summed E-state index contributed by atoms with van der Waals surface area (Å²) in [4.78, 5) is 4.29. The van der Waals surface area contributed by atoms with Crippen LogP contribution in [0.1, 0.15) is 0 Å². The SMILES string of the molecule is COc1ccc(Br)c2c(Br)ccnc12. The number of hydrogen-bond donors (Lipinski definition) is 0. The Hall–Kier alpha value is -0.610. The number of aromatic nitrogens is 1. The van der Waals surface area contributed by atoms with Gasteiger partial charge >= 0.3 is 0 Å². The van der Waals surface area contributed by atoms with Crippen molar-refractivity contribution in [2.75, 3.05) is 7.11 Å². The van der Waals surface area contributed by atoms with E-state index in [2.05, 4.69) is 36.8 Å². The lowest BCUT2D eigenvalue weighted by Crippen LogP contribution is -1.88. The second kappa shape index (κ2) is 3.87. The quantitative estimate of drug-likeness (QED) is 0.799. The second-order valence-electron chi connectivity index (χ2n) is 2.77. The Kier molecular flexibility index (Phi) is 2.74. The normalized spacial score (nSPS) is 10.5. The van der Waals surface area contributed by atoms with Crippen LogP contribution in [-0.4, -0.2) is 12.1 Å². The highest BCUT2D eigenvalue weighted by molar-refractivity contribution is 9.11. The van der Waals surface area contributed by atoms with E-state index in [1.165, 1.54) is 0 Å². The van der Waals surface area contributed by atoms with Gasteiger partial charge < -0.3 is 4.74 Å². The van der Waals surface area contributed by atoms with Crippen molar-refractivity contribution in [1.29, 1.82) is 0 Å². The number of fused-ring (bicyclic) bond motifs is 1. The summed E-state index contributed by atoms with van der Waals surface area (Å²) < 4.78 is 7.25. The van der Waals surface area contributed by atoms with Gasteiger partial charge in [-0.1, -0.05) is 15.9 Å². The average Bonchev–Trinajstić information content (AvgIpc) is 2.18. The minimum absolute atomic E-state index is 0.782. The van der Waals surface area contributed by atoms with Gasteiger partial charge in [0.2, 0.25) is 0 Å². The van der Waals surface area contributed by atoms with Gasteiger partial charge in [0, 0.05) is 20.5 Å². The predicted molar refractivity (Wildman–Crippen MR) is 63.7 cm³/mol. The maximum Gasteiger partial charge on any atom is 0.145 e. The van der Waals surface area contributed by atoms with E-state index in [0.29, 0.717) is 0 Å². The molecule has 0 saturated carbocycles. The van der Waals surface area contributed by atoms with Gasteiger partial charge in [-0.15, -0.1) is 0 Å². The third kappa shape index (κ3) is 1.53. The molecule has 1 heterocycles. The summed E-state index contributed by atoms with van der Waals surface area (Å²) in [5.41, 5.74) is 0.858. The molecule has 0 aliphatic rings. The molecule has 2 nitrogen and oxygen atoms in total. The number of halogens is 2. The Balaban J connectivity index is 2.91. The third-order valence-corrected chi connectivity index (χ3v) is 3.29. The minimum Gasteiger partial charge on any atom is -0.494 e. The van der Waals surface area contributed by atoms with Gasteiger partial charge in [-0.25, -0.2) is 0 Å². The molecule has 0 bridgehead atoms. The Morgan fingerprint density at radius 1 is 1.14 bits per heavy atom. The third-order valence-electron chi connectivity index (χ3n) is 1.97. The molecule has 0 unspecified atom stereocenters. The van der Waals surface area contributed by atoms with E-state index in [4.69, 9.17) is 4.74 Å². The van der Waals surface area contributed by atoms with Crippen molar-refractivity contribution in [3.05, 3.63) is 33.3 Å². The molecule has 72 valence electrons. The lowest BCUT2D eigenvalue weighted by molar-refractivity contribution is 0.419. The minimum atomic E-state index is 0.782. The topological polar surface area (TPSA) is 22.1 Å². The summed E-state index contributed by atoms with van der Waals surface area (Å²) in [5, 5.41) is 1.03. The van der Waals surface area contributed by atoms with Gasteiger partial charge in [0.15, 0.2) is 0 Å². The largest absolute Gasteiger partial charge is 0.494 e. The van der Waals surface area contributed by atoms with Crippen molar-refractivity contribution in [3.8, 4) is 5.75 Å². The van der Waals surface area contributed by atoms with Crippen LogP contribution in [-0.2, 0) is 0 Å². The molecule has 0 spiro atoms. The molecule has 0 saturated heterocycles. The van der Waals surface area contributed by atoms with Gasteiger partial charge in [-0.3, -0.25) is 4.98 Å². The van der Waals surface area contributed by atoms with Gasteiger partial charge in [0.1, 0.15) is 11.3 Å². The first-order valence-corrected chi connectivity index (χ1v) is 5.59. The number of hydrogen-bond acceptors (Lipinski definition) is 2. The number of benzene rings is 1. The standard InChI is InChI=1S/C10H7Br2NO/c1-14-8-3-2-6(11)9-7(12)4-5-13-10(8)9/h2-5H,1H3. The molecule has 2 aromatic rings. The van der Waals surface area contributed by atoms with E-state index in [-0.39, 0.29) is 0 Å². The molecule has 0 aliphatic carbocycles. The van der Waals surface area contributed by atoms with Crippen molar-refractivity contribution in [1.82, 2.24) is 4.98 Å². The van der Waals surface area contributed by atoms with Crippen LogP contribution >= 0.6 is 31.9 Å². The Labute approximate surface area is 98.5 Å². The number of ether oxygens (including phenoxy) is 1. The first kappa shape index (κ1) is 9.93. The van der Waals surface area contributed by atoms with Crippen LogP contribution in [0.25, 0.3) is 10.9 Å². The van der Waals surface area contributed by atoms with E-state index >= 15 is 0 Å². The zero-order valence-corrected chi connectivity index (χ0v) is 10.6. The molecule has 0 fully saturated rings. The zero-order valence-electron chi connectivity index (χ0n) is 7.42. The van der Waals surface area contributed by atoms with Crippen molar-refractivity contribution in [2.24, 2.45) is 0 Å². The molecule has 1 aromatic heterocycles. The summed E-state index contributed by atoms with van der Waals surface area (Å²) in [6.45, 7) is 0. The highest BCUT2D eigenvalue weighted by Gasteiger charge is 2.08. The summed E-state index contributed by atoms with van der Waals surface area (Å²) in [6.07, 6.45) is 1.75. The van der Waals surface area contributed by atoms with E-state index < -0.39 is 0 Å². The fourth-order valence-corrected chi connectivity index (χ4v) is 2.65. The van der Waals surface area contributed by atoms with Gasteiger partial charge in [0.05, 0.1) is 7.11 Å². The molecule has 0 N–H and O–H groups in total. The molecular formula is C10H7Br2NO. The van der Waals surface area contributed by atoms with Crippen LogP contribution in [0, 0.1) is 0 Å². The van der Waals surface area contributed by atoms with E-state index in [9.17, 15) is 0 Å². The number of pyridine rings is 1. The fraction of sp³-hybridized carbons (Fsp3) is 0.100. The number of nitrogens with zero attached hydrogens (tertiary/aromatic N) is 1. The van der Waals surface area contributed by atoms with Crippen LogP contribution in [0.5, 0.6) is 5.75 Å². The van der Waals surface area contributed by atoms with E-state index in [1.54, 1.807) is 13.3 Å². The molecule has 1 aromatic carbocycles. The molecule has 14 heavy (non-hydrogen) atoms. The summed E-state index contributed by atoms with van der Waals surface area (Å²) in [5.74, 6) is 0.782. The maximum absolute atomic E-state index is 5.23. The highest BCUT2D eigenvalue weighted by Crippen LogP contribution is 2.34. The molecule has 2 rings (SSSR count). The molecular weight excluding hydrogens is 310 g/mol. The van der Waals surface area contributed by atoms with Gasteiger partial charge in [-0.2, -0.15) is 0 Å². The van der Waals surface area contributed by atoms with Crippen molar-refractivity contribution >= 4 is 42.8 Å². The zero-order chi connectivity index (χ0) is 10.1. The first-order chi connectivity index (χ1) is 6.74. The molecule has 0 amide bonds. The first-order valence-electron chi connectivity index (χ1n) is 4.00. The molecule has 0 aliphatic heterocycles. The fourth-order valence-electron chi connectivity index (χ4n) is 1.33. The Morgan fingerprint density at radius 3 is 2.57 bits per heavy atom. The van der Waals surface area contributed by atoms with Crippen molar-refractivity contribution in [3.63, 3.8) is 0 Å². The van der Waals surface area contributed by atoms with Crippen LogP contribution in [0.2, 0.25) is 0 Å². The monoisotopic (exact) mass is 315 g/mol. The smallest absolute Gasteiger partial charge is 0.145 e. The molecule has 4 heteroatoms. The lowest BCUT2D eigenvalue weighted by Gasteiger charge is -2.06. The van der Waals surface area contributed by atoms with Crippen molar-refractivity contribution in [2.45, 2.75) is 0 Å². The van der Waals surface area contributed by atoms with Crippen LogP contribution in [0.3, 0.4) is 0 Å². The predicted octanol–water partition coefficient (Wildman–Crippen LogP) is 3.77. The summed E-state index contributed by atoms with van der Waals surface area (Å²) in [6, 6.07) is 5.76. The second-order valence-corrected chi connectivity index (χ2v) is 4.47. The number of methoxy groups -OCH3 is 1. The molecule has 0 atom stereocenters. The Morgan fingerprint density at radius 2 is 1.86 bits per heavy atom. The summed E-state index contributed by atoms with van der Waals surface area (Å²) in [7, 11) is 1.64. The van der Waals surface area contributed by atoms with Crippen LogP contribution < -0.4 is 4.74 Å². The summed E-state index contributed by atoms with van der Waals surface area (Å²) >= 11 is 6.97. The average molecular weight is 317 g/mol. The van der Waals surface area contributed by atoms with Crippen LogP contribution in [0.15, 0.2) is 33.3 Å². The van der Waals surface area contributed by atoms with Crippen LogP contribution in [0.4, 0.5) is 0 Å². The van der Waals surface area contributed by atoms with Gasteiger partial charge in [-0.05, 0) is 34.1 Å².